The molecule has 1 amide bonds. The van der Waals surface area contributed by atoms with E-state index >= 15 is 0 Å². The van der Waals surface area contributed by atoms with Crippen molar-refractivity contribution in [3.8, 4) is 0 Å². The van der Waals surface area contributed by atoms with Crippen LogP contribution in [0.3, 0.4) is 0 Å². The Bertz CT molecular complexity index is 693. The highest BCUT2D eigenvalue weighted by Crippen LogP contribution is 2.28. The molecular formula is C14H14ClFIN3O. The average molecular weight is 422 g/mol. The van der Waals surface area contributed by atoms with Gasteiger partial charge in [0.05, 0.1) is 20.6 Å². The lowest BCUT2D eigenvalue weighted by molar-refractivity contribution is -0.122. The fourth-order valence-electron chi connectivity index (χ4n) is 2.75. The topological polar surface area (TPSA) is 46.9 Å². The number of carbonyl (C=O) groups excluding carboxylic acids is 1. The van der Waals surface area contributed by atoms with Crippen molar-refractivity contribution in [2.24, 2.45) is 0 Å². The number of hydrogen-bond acceptors (Lipinski definition) is 2. The second-order valence-electron chi connectivity index (χ2n) is 5.09. The maximum absolute atomic E-state index is 13.9. The summed E-state index contributed by atoms with van der Waals surface area (Å²) in [7, 11) is 0. The molecule has 3 rings (SSSR count). The zero-order chi connectivity index (χ0) is 15.0. The number of aromatic nitrogens is 2. The van der Waals surface area contributed by atoms with Crippen molar-refractivity contribution >= 4 is 51.1 Å². The molecule has 21 heavy (non-hydrogen) atoms. The number of hydrogen-bond donors (Lipinski definition) is 1. The summed E-state index contributed by atoms with van der Waals surface area (Å²) in [5, 5.41) is 2.86. The van der Waals surface area contributed by atoms with Gasteiger partial charge in [0.1, 0.15) is 11.6 Å². The number of rotatable bonds is 3. The molecule has 1 N–H and O–H groups in total. The van der Waals surface area contributed by atoms with Crippen LogP contribution >= 0.6 is 34.2 Å². The third-order valence-electron chi connectivity index (χ3n) is 3.73. The van der Waals surface area contributed by atoms with Crippen LogP contribution < -0.4 is 5.32 Å². The quantitative estimate of drug-likeness (QED) is 0.612. The van der Waals surface area contributed by atoms with Gasteiger partial charge in [-0.15, -0.1) is 11.6 Å². The van der Waals surface area contributed by atoms with Crippen LogP contribution in [0.15, 0.2) is 12.1 Å². The molecule has 1 unspecified atom stereocenters. The molecule has 0 spiro atoms. The molecule has 112 valence electrons. The molecule has 1 fully saturated rings. The predicted octanol–water partition coefficient (Wildman–Crippen LogP) is 3.01. The van der Waals surface area contributed by atoms with E-state index in [4.69, 9.17) is 11.6 Å². The highest BCUT2D eigenvalue weighted by atomic mass is 127. The van der Waals surface area contributed by atoms with Crippen LogP contribution in [0.25, 0.3) is 11.0 Å². The highest BCUT2D eigenvalue weighted by molar-refractivity contribution is 14.1. The van der Waals surface area contributed by atoms with Gasteiger partial charge in [-0.3, -0.25) is 4.79 Å². The largest absolute Gasteiger partial charge is 0.354 e. The summed E-state index contributed by atoms with van der Waals surface area (Å²) in [6.45, 7) is 0.549. The van der Waals surface area contributed by atoms with Crippen LogP contribution in [0.5, 0.6) is 0 Å². The number of imidazole rings is 1. The van der Waals surface area contributed by atoms with Crippen molar-refractivity contribution < 1.29 is 9.18 Å². The molecule has 0 radical (unpaired) electrons. The maximum atomic E-state index is 13.9. The molecule has 2 aromatic rings. The maximum Gasteiger partial charge on any atom is 0.220 e. The monoisotopic (exact) mass is 421 g/mol. The number of piperidine rings is 1. The minimum absolute atomic E-state index is 0.0651. The lowest BCUT2D eigenvalue weighted by atomic mass is 10.1. The first-order valence-electron chi connectivity index (χ1n) is 6.78. The Labute approximate surface area is 140 Å². The number of alkyl halides is 1. The van der Waals surface area contributed by atoms with Gasteiger partial charge in [-0.1, -0.05) is 0 Å². The summed E-state index contributed by atoms with van der Waals surface area (Å²) >= 11 is 7.83. The van der Waals surface area contributed by atoms with Gasteiger partial charge in [-0.25, -0.2) is 9.37 Å². The van der Waals surface area contributed by atoms with Crippen molar-refractivity contribution in [2.45, 2.75) is 25.3 Å². The van der Waals surface area contributed by atoms with Crippen LogP contribution in [0.1, 0.15) is 24.7 Å². The van der Waals surface area contributed by atoms with Gasteiger partial charge >= 0.3 is 0 Å². The van der Waals surface area contributed by atoms with Crippen LogP contribution in [0.4, 0.5) is 4.39 Å². The Morgan fingerprint density at radius 1 is 1.52 bits per heavy atom. The van der Waals surface area contributed by atoms with E-state index in [1.807, 2.05) is 27.2 Å². The van der Waals surface area contributed by atoms with E-state index in [-0.39, 0.29) is 17.8 Å². The zero-order valence-electron chi connectivity index (χ0n) is 11.2. The van der Waals surface area contributed by atoms with Gasteiger partial charge in [0, 0.05) is 31.3 Å². The molecule has 1 atom stereocenters. The Balaban J connectivity index is 2.11. The molecule has 0 saturated carbocycles. The lowest BCUT2D eigenvalue weighted by Crippen LogP contribution is -2.36. The molecule has 0 bridgehead atoms. The number of halogens is 3. The number of carbonyl (C=O) groups is 1. The highest BCUT2D eigenvalue weighted by Gasteiger charge is 2.24. The van der Waals surface area contributed by atoms with Gasteiger partial charge in [0.2, 0.25) is 5.91 Å². The van der Waals surface area contributed by atoms with Crippen molar-refractivity contribution in [3.05, 3.63) is 27.3 Å². The standard InChI is InChI=1S/C14H14ClFIN3O/c15-4-3-13-19-11-6-10(17)9(16)5-12(11)20(13)8-1-2-14(21)18-7-8/h5-6,8H,1-4,7H2,(H,18,21). The van der Waals surface area contributed by atoms with E-state index in [0.29, 0.717) is 28.8 Å². The average Bonchev–Trinajstić information content (AvgIpc) is 2.78. The first-order chi connectivity index (χ1) is 10.1. The van der Waals surface area contributed by atoms with Crippen molar-refractivity contribution in [2.75, 3.05) is 12.4 Å². The number of benzene rings is 1. The zero-order valence-corrected chi connectivity index (χ0v) is 14.1. The minimum Gasteiger partial charge on any atom is -0.354 e. The van der Waals surface area contributed by atoms with Gasteiger partial charge in [0.15, 0.2) is 0 Å². The molecule has 1 aliphatic rings. The van der Waals surface area contributed by atoms with Crippen LogP contribution in [-0.4, -0.2) is 27.9 Å². The van der Waals surface area contributed by atoms with Crippen LogP contribution in [0.2, 0.25) is 0 Å². The third-order valence-corrected chi connectivity index (χ3v) is 4.74. The molecular weight excluding hydrogens is 408 g/mol. The van der Waals surface area contributed by atoms with Gasteiger partial charge in [-0.05, 0) is 35.1 Å². The molecule has 0 aliphatic carbocycles. The first kappa shape index (κ1) is 15.0. The van der Waals surface area contributed by atoms with Crippen LogP contribution in [0, 0.1) is 9.39 Å². The summed E-state index contributed by atoms with van der Waals surface area (Å²) in [5.74, 6) is 1.13. The number of amides is 1. The normalized spacial score (nSPS) is 19.0. The molecule has 1 saturated heterocycles. The van der Waals surface area contributed by atoms with Crippen LogP contribution in [-0.2, 0) is 11.2 Å². The molecule has 4 nitrogen and oxygen atoms in total. The summed E-state index contributed by atoms with van der Waals surface area (Å²) in [5.41, 5.74) is 1.55. The number of aryl methyl sites for hydroxylation is 1. The van der Waals surface area contributed by atoms with E-state index in [9.17, 15) is 9.18 Å². The summed E-state index contributed by atoms with van der Waals surface area (Å²) < 4.78 is 16.5. The predicted molar refractivity (Wildman–Crippen MR) is 88.1 cm³/mol. The molecule has 1 aromatic heterocycles. The lowest BCUT2D eigenvalue weighted by Gasteiger charge is -2.26. The van der Waals surface area contributed by atoms with E-state index < -0.39 is 0 Å². The Hall–Kier alpha value is -0.890. The Morgan fingerprint density at radius 2 is 2.33 bits per heavy atom. The van der Waals surface area contributed by atoms with Crippen molar-refractivity contribution in [1.82, 2.24) is 14.9 Å². The Kier molecular flexibility index (Phi) is 4.35. The molecule has 7 heteroatoms. The number of nitrogens with one attached hydrogen (secondary N) is 1. The van der Waals surface area contributed by atoms with Crippen molar-refractivity contribution in [3.63, 3.8) is 0 Å². The van der Waals surface area contributed by atoms with Gasteiger partial charge in [-0.2, -0.15) is 0 Å². The summed E-state index contributed by atoms with van der Waals surface area (Å²) in [4.78, 5) is 15.9. The van der Waals surface area contributed by atoms with Gasteiger partial charge < -0.3 is 9.88 Å². The fourth-order valence-corrected chi connectivity index (χ4v) is 3.37. The summed E-state index contributed by atoms with van der Waals surface area (Å²) in [6, 6.07) is 3.38. The van der Waals surface area contributed by atoms with E-state index in [2.05, 4.69) is 10.3 Å². The van der Waals surface area contributed by atoms with Gasteiger partial charge in [0.25, 0.3) is 0 Å². The molecule has 1 aliphatic heterocycles. The smallest absolute Gasteiger partial charge is 0.220 e. The number of nitrogens with zero attached hydrogens (tertiary/aromatic N) is 2. The van der Waals surface area contributed by atoms with E-state index in [1.54, 1.807) is 6.07 Å². The molecule has 2 heterocycles. The molecule has 1 aromatic carbocycles. The third kappa shape index (κ3) is 2.88. The second kappa shape index (κ2) is 6.08. The van der Waals surface area contributed by atoms with Crippen molar-refractivity contribution in [1.29, 1.82) is 0 Å². The SMILES string of the molecule is O=C1CCC(n2c(CCCl)nc3cc(I)c(F)cc32)CN1. The van der Waals surface area contributed by atoms with E-state index in [1.165, 1.54) is 6.07 Å². The summed E-state index contributed by atoms with van der Waals surface area (Å²) in [6.07, 6.45) is 1.84. The second-order valence-corrected chi connectivity index (χ2v) is 6.63. The minimum atomic E-state index is -0.249. The number of fused-ring (bicyclic) bond motifs is 1. The Morgan fingerprint density at radius 3 is 3.00 bits per heavy atom. The van der Waals surface area contributed by atoms with E-state index in [0.717, 1.165) is 23.3 Å². The first-order valence-corrected chi connectivity index (χ1v) is 8.40. The fraction of sp³-hybridized carbons (Fsp3) is 0.429.